The van der Waals surface area contributed by atoms with E-state index in [1.165, 1.54) is 23.1 Å². The predicted molar refractivity (Wildman–Crippen MR) is 76.5 cm³/mol. The molecule has 7 heteroatoms. The molecule has 1 atom stereocenters. The first-order chi connectivity index (χ1) is 9.40. The summed E-state index contributed by atoms with van der Waals surface area (Å²) in [5, 5.41) is 20.5. The van der Waals surface area contributed by atoms with Gasteiger partial charge in [-0.3, -0.25) is 14.9 Å². The molecule has 0 radical (unpaired) electrons. The van der Waals surface area contributed by atoms with E-state index in [2.05, 4.69) is 15.9 Å². The van der Waals surface area contributed by atoms with Crippen LogP contribution in [-0.2, 0) is 0 Å². The van der Waals surface area contributed by atoms with E-state index in [0.717, 1.165) is 12.8 Å². The normalized spacial score (nSPS) is 15.8. The average Bonchev–Trinajstić information content (AvgIpc) is 3.21. The van der Waals surface area contributed by atoms with E-state index in [9.17, 15) is 20.0 Å². The first-order valence-corrected chi connectivity index (χ1v) is 7.07. The molecule has 1 aliphatic carbocycles. The van der Waals surface area contributed by atoms with Gasteiger partial charge in [-0.15, -0.1) is 0 Å². The molecule has 1 aliphatic rings. The monoisotopic (exact) mass is 342 g/mol. The Hall–Kier alpha value is -1.47. The topological polar surface area (TPSA) is 83.7 Å². The van der Waals surface area contributed by atoms with Crippen molar-refractivity contribution in [3.8, 4) is 0 Å². The molecule has 20 heavy (non-hydrogen) atoms. The number of non-ortho nitro benzene ring substituents is 1. The van der Waals surface area contributed by atoms with Gasteiger partial charge in [-0.1, -0.05) is 0 Å². The molecule has 0 saturated heterocycles. The van der Waals surface area contributed by atoms with Crippen LogP contribution < -0.4 is 0 Å². The smallest absolute Gasteiger partial charge is 0.270 e. The van der Waals surface area contributed by atoms with Gasteiger partial charge in [-0.2, -0.15) is 0 Å². The zero-order valence-electron chi connectivity index (χ0n) is 11.0. The lowest BCUT2D eigenvalue weighted by atomic mass is 10.1. The molecule has 6 nitrogen and oxygen atoms in total. The van der Waals surface area contributed by atoms with Crippen molar-refractivity contribution in [1.82, 2.24) is 4.90 Å². The van der Waals surface area contributed by atoms with Gasteiger partial charge in [0.1, 0.15) is 0 Å². The van der Waals surface area contributed by atoms with Gasteiger partial charge in [0.2, 0.25) is 0 Å². The van der Waals surface area contributed by atoms with Gasteiger partial charge in [0.15, 0.2) is 0 Å². The minimum absolute atomic E-state index is 0.0749. The summed E-state index contributed by atoms with van der Waals surface area (Å²) in [4.78, 5) is 23.8. The second-order valence-electron chi connectivity index (χ2n) is 5.01. The minimum Gasteiger partial charge on any atom is -0.391 e. The number of hydrogen-bond donors (Lipinski definition) is 1. The van der Waals surface area contributed by atoms with Crippen molar-refractivity contribution < 1.29 is 14.8 Å². The lowest BCUT2D eigenvalue weighted by molar-refractivity contribution is -0.384. The number of aliphatic hydroxyl groups is 1. The number of nitro groups is 1. The maximum Gasteiger partial charge on any atom is 0.270 e. The summed E-state index contributed by atoms with van der Waals surface area (Å²) in [6.45, 7) is 0.271. The van der Waals surface area contributed by atoms with Gasteiger partial charge in [-0.25, -0.2) is 0 Å². The third kappa shape index (κ3) is 3.34. The number of hydrogen-bond acceptors (Lipinski definition) is 4. The minimum atomic E-state index is -0.514. The van der Waals surface area contributed by atoms with E-state index in [4.69, 9.17) is 0 Å². The summed E-state index contributed by atoms with van der Waals surface area (Å²) in [6.07, 6.45) is 1.51. The fourth-order valence-corrected chi connectivity index (χ4v) is 2.53. The number of nitro benzene ring substituents is 1. The van der Waals surface area contributed by atoms with E-state index < -0.39 is 11.0 Å². The molecule has 1 aromatic carbocycles. The Morgan fingerprint density at radius 1 is 1.60 bits per heavy atom. The zero-order chi connectivity index (χ0) is 14.9. The highest BCUT2D eigenvalue weighted by Crippen LogP contribution is 2.33. The molecule has 1 aromatic rings. The molecule has 0 aromatic heterocycles. The van der Waals surface area contributed by atoms with Crippen LogP contribution in [0.25, 0.3) is 0 Å². The molecule has 0 bridgehead atoms. The molecule has 0 spiro atoms. The van der Waals surface area contributed by atoms with Crippen molar-refractivity contribution in [2.24, 2.45) is 5.92 Å². The van der Waals surface area contributed by atoms with E-state index in [0.29, 0.717) is 16.0 Å². The fraction of sp³-hybridized carbons (Fsp3) is 0.462. The summed E-state index contributed by atoms with van der Waals surface area (Å²) in [6, 6.07) is 4.02. The first-order valence-electron chi connectivity index (χ1n) is 6.27. The summed E-state index contributed by atoms with van der Waals surface area (Å²) in [5.41, 5.74) is 0.273. The lowest BCUT2D eigenvalue weighted by Gasteiger charge is -2.21. The number of aliphatic hydroxyl groups excluding tert-OH is 1. The number of carbonyl (C=O) groups is 1. The number of benzene rings is 1. The summed E-state index contributed by atoms with van der Waals surface area (Å²) >= 11 is 3.18. The van der Waals surface area contributed by atoms with E-state index >= 15 is 0 Å². The van der Waals surface area contributed by atoms with Crippen LogP contribution in [0.1, 0.15) is 23.2 Å². The molecule has 2 rings (SSSR count). The van der Waals surface area contributed by atoms with Crippen molar-refractivity contribution in [3.05, 3.63) is 38.3 Å². The highest BCUT2D eigenvalue weighted by atomic mass is 79.9. The molecular formula is C13H15BrN2O4. The predicted octanol–water partition coefficient (Wildman–Crippen LogP) is 2.20. The van der Waals surface area contributed by atoms with Crippen molar-refractivity contribution in [2.75, 3.05) is 13.6 Å². The summed E-state index contributed by atoms with van der Waals surface area (Å²) < 4.78 is 0.379. The van der Waals surface area contributed by atoms with Crippen molar-refractivity contribution in [1.29, 1.82) is 0 Å². The van der Waals surface area contributed by atoms with E-state index in [-0.39, 0.29) is 18.1 Å². The Morgan fingerprint density at radius 2 is 2.25 bits per heavy atom. The van der Waals surface area contributed by atoms with Crippen molar-refractivity contribution >= 4 is 27.5 Å². The number of halogens is 1. The first kappa shape index (κ1) is 14.9. The summed E-state index contributed by atoms with van der Waals surface area (Å²) in [5.74, 6) is 0.0250. The Labute approximate surface area is 124 Å². The average molecular weight is 343 g/mol. The standard InChI is InChI=1S/C13H15BrN2O4/c1-15(7-12(17)8-2-3-8)13(18)10-5-4-9(16(19)20)6-11(10)14/h4-6,8,12,17H,2-3,7H2,1H3. The number of likely N-dealkylation sites (N-methyl/N-ethyl adjacent to an activating group) is 1. The molecular weight excluding hydrogens is 328 g/mol. The molecule has 1 amide bonds. The van der Waals surface area contributed by atoms with Gasteiger partial charge in [0.05, 0.1) is 16.6 Å². The molecule has 1 saturated carbocycles. The van der Waals surface area contributed by atoms with Crippen LogP contribution >= 0.6 is 15.9 Å². The fourth-order valence-electron chi connectivity index (χ4n) is 1.99. The van der Waals surface area contributed by atoms with Gasteiger partial charge in [-0.05, 0) is 40.8 Å². The third-order valence-corrected chi connectivity index (χ3v) is 4.02. The molecule has 1 unspecified atom stereocenters. The summed E-state index contributed by atoms with van der Waals surface area (Å²) in [7, 11) is 1.61. The Balaban J connectivity index is 2.09. The Bertz CT molecular complexity index is 545. The van der Waals surface area contributed by atoms with Crippen LogP contribution in [0.4, 0.5) is 5.69 Å². The van der Waals surface area contributed by atoms with Gasteiger partial charge in [0, 0.05) is 30.2 Å². The van der Waals surface area contributed by atoms with E-state index in [1.54, 1.807) is 7.05 Å². The Kier molecular flexibility index (Phi) is 4.39. The molecule has 0 heterocycles. The third-order valence-electron chi connectivity index (χ3n) is 3.37. The molecule has 1 N–H and O–H groups in total. The maximum atomic E-state index is 12.2. The van der Waals surface area contributed by atoms with Crippen LogP contribution in [0, 0.1) is 16.0 Å². The van der Waals surface area contributed by atoms with E-state index in [1.807, 2.05) is 0 Å². The lowest BCUT2D eigenvalue weighted by Crippen LogP contribution is -2.35. The number of amides is 1. The number of carbonyl (C=O) groups excluding carboxylic acids is 1. The molecule has 108 valence electrons. The van der Waals surface area contributed by atoms with Crippen molar-refractivity contribution in [3.63, 3.8) is 0 Å². The van der Waals surface area contributed by atoms with Gasteiger partial charge < -0.3 is 10.0 Å². The Morgan fingerprint density at radius 3 is 2.75 bits per heavy atom. The van der Waals surface area contributed by atoms with Crippen LogP contribution in [0.5, 0.6) is 0 Å². The number of nitrogens with zero attached hydrogens (tertiary/aromatic N) is 2. The quantitative estimate of drug-likeness (QED) is 0.656. The van der Waals surface area contributed by atoms with Crippen molar-refractivity contribution in [2.45, 2.75) is 18.9 Å². The second-order valence-corrected chi connectivity index (χ2v) is 5.87. The largest absolute Gasteiger partial charge is 0.391 e. The second kappa shape index (κ2) is 5.88. The van der Waals surface area contributed by atoms with Gasteiger partial charge in [0.25, 0.3) is 11.6 Å². The molecule has 0 aliphatic heterocycles. The highest BCUT2D eigenvalue weighted by molar-refractivity contribution is 9.10. The van der Waals surface area contributed by atoms with Crippen LogP contribution in [0.3, 0.4) is 0 Å². The SMILES string of the molecule is CN(CC(O)C1CC1)C(=O)c1ccc([N+](=O)[O-])cc1Br. The number of rotatable bonds is 5. The van der Waals surface area contributed by atoms with Crippen LogP contribution in [0.15, 0.2) is 22.7 Å². The van der Waals surface area contributed by atoms with Crippen LogP contribution in [-0.4, -0.2) is 40.5 Å². The highest BCUT2D eigenvalue weighted by Gasteiger charge is 2.31. The van der Waals surface area contributed by atoms with Crippen LogP contribution in [0.2, 0.25) is 0 Å². The zero-order valence-corrected chi connectivity index (χ0v) is 12.5. The van der Waals surface area contributed by atoms with Gasteiger partial charge >= 0.3 is 0 Å². The molecule has 1 fully saturated rings. The maximum absolute atomic E-state index is 12.2.